The minimum atomic E-state index is 0.115. The molecule has 0 N–H and O–H groups in total. The fourth-order valence-electron chi connectivity index (χ4n) is 2.98. The van der Waals surface area contributed by atoms with Crippen molar-refractivity contribution in [3.8, 4) is 0 Å². The summed E-state index contributed by atoms with van der Waals surface area (Å²) >= 11 is 6.28. The lowest BCUT2D eigenvalue weighted by Crippen LogP contribution is -2.29. The number of alkyl halides is 1. The van der Waals surface area contributed by atoms with Crippen molar-refractivity contribution in [3.05, 3.63) is 59.0 Å². The van der Waals surface area contributed by atoms with Crippen LogP contribution in [0.2, 0.25) is 0 Å². The van der Waals surface area contributed by atoms with Crippen LogP contribution < -0.4 is 10.4 Å². The van der Waals surface area contributed by atoms with E-state index in [9.17, 15) is 0 Å². The largest absolute Gasteiger partial charge is 0.118 e. The smallest absolute Gasteiger partial charge is 0.0559 e. The number of hydrogen-bond donors (Lipinski definition) is 0. The van der Waals surface area contributed by atoms with E-state index in [0.717, 1.165) is 6.42 Å². The molecule has 1 unspecified atom stereocenters. The number of hydrogen-bond acceptors (Lipinski definition) is 0. The van der Waals surface area contributed by atoms with Crippen LogP contribution in [0.15, 0.2) is 48.5 Å². The minimum absolute atomic E-state index is 0.115. The molecule has 0 radical (unpaired) electrons. The van der Waals surface area contributed by atoms with Gasteiger partial charge in [0.2, 0.25) is 0 Å². The second-order valence-corrected chi connectivity index (χ2v) is 5.63. The van der Waals surface area contributed by atoms with Gasteiger partial charge in [-0.1, -0.05) is 60.7 Å². The summed E-state index contributed by atoms with van der Waals surface area (Å²) < 4.78 is 0. The van der Waals surface area contributed by atoms with Gasteiger partial charge in [-0.2, -0.15) is 0 Å². The molecule has 1 aliphatic carbocycles. The zero-order chi connectivity index (χ0) is 12.8. The van der Waals surface area contributed by atoms with E-state index in [-0.39, 0.29) is 5.38 Å². The first-order chi connectivity index (χ1) is 9.33. The van der Waals surface area contributed by atoms with Gasteiger partial charge >= 0.3 is 0 Å². The number of fused-ring (bicyclic) bond motifs is 5. The average molecular weight is 265 g/mol. The molecule has 19 heavy (non-hydrogen) atoms. The molecular weight excluding hydrogens is 252 g/mol. The monoisotopic (exact) mass is 264 g/mol. The first kappa shape index (κ1) is 11.1. The maximum absolute atomic E-state index is 6.28. The van der Waals surface area contributed by atoms with Gasteiger partial charge in [0.1, 0.15) is 0 Å². The maximum atomic E-state index is 6.28. The molecule has 0 bridgehead atoms. The Balaban J connectivity index is 2.26. The Morgan fingerprint density at radius 1 is 0.842 bits per heavy atom. The number of benzene rings is 3. The van der Waals surface area contributed by atoms with Crippen LogP contribution in [-0.4, -0.2) is 5.38 Å². The summed E-state index contributed by atoms with van der Waals surface area (Å²) in [5.41, 5.74) is 0. The van der Waals surface area contributed by atoms with Gasteiger partial charge in [-0.25, -0.2) is 0 Å². The summed E-state index contributed by atoms with van der Waals surface area (Å²) in [6.07, 6.45) is 5.35. The molecule has 0 saturated heterocycles. The molecule has 1 heteroatoms. The number of rotatable bonds is 0. The molecule has 4 rings (SSSR count). The molecule has 1 aliphatic rings. The topological polar surface area (TPSA) is 0 Å². The normalized spacial score (nSPS) is 17.8. The molecule has 1 atom stereocenters. The molecule has 0 aromatic heterocycles. The van der Waals surface area contributed by atoms with Crippen molar-refractivity contribution in [2.45, 2.75) is 11.8 Å². The lowest BCUT2D eigenvalue weighted by Gasteiger charge is -2.10. The molecule has 92 valence electrons. The predicted octanol–water partition coefficient (Wildman–Crippen LogP) is 3.57. The fraction of sp³-hybridized carbons (Fsp3) is 0.111. The number of halogens is 1. The third-order valence-corrected chi connectivity index (χ3v) is 4.22. The van der Waals surface area contributed by atoms with E-state index < -0.39 is 0 Å². The highest BCUT2D eigenvalue weighted by Crippen LogP contribution is 2.23. The van der Waals surface area contributed by atoms with E-state index in [1.165, 1.54) is 32.0 Å². The van der Waals surface area contributed by atoms with Crippen molar-refractivity contribution in [3.63, 3.8) is 0 Å². The lowest BCUT2D eigenvalue weighted by molar-refractivity contribution is 1.13. The Hall–Kier alpha value is -1.79. The highest BCUT2D eigenvalue weighted by Gasteiger charge is 2.07. The molecule has 0 aliphatic heterocycles. The second-order valence-electron chi connectivity index (χ2n) is 5.07. The van der Waals surface area contributed by atoms with Gasteiger partial charge in [0.25, 0.3) is 0 Å². The standard InChI is InChI=1S/C18H13Cl/c19-14-8-5-13-7-9-16-15-4-2-1-3-12(15)6-10-17(16)18(13)11-14/h1-7,9-11,14H,8H2. The van der Waals surface area contributed by atoms with Gasteiger partial charge in [0.15, 0.2) is 0 Å². The Kier molecular flexibility index (Phi) is 2.39. The van der Waals surface area contributed by atoms with Crippen LogP contribution in [0.25, 0.3) is 33.7 Å². The molecule has 3 aromatic rings. The van der Waals surface area contributed by atoms with Crippen LogP contribution in [0, 0.1) is 0 Å². The summed E-state index contributed by atoms with van der Waals surface area (Å²) in [6, 6.07) is 17.4. The quantitative estimate of drug-likeness (QED) is 0.430. The summed E-state index contributed by atoms with van der Waals surface area (Å²) in [4.78, 5) is 0. The van der Waals surface area contributed by atoms with Gasteiger partial charge in [0, 0.05) is 0 Å². The molecule has 3 aromatic carbocycles. The Morgan fingerprint density at radius 2 is 1.68 bits per heavy atom. The molecule has 0 amide bonds. The van der Waals surface area contributed by atoms with Gasteiger partial charge in [-0.3, -0.25) is 0 Å². The van der Waals surface area contributed by atoms with Crippen molar-refractivity contribution in [1.29, 1.82) is 0 Å². The second kappa shape index (κ2) is 4.11. The summed E-state index contributed by atoms with van der Waals surface area (Å²) in [5, 5.41) is 7.92. The van der Waals surface area contributed by atoms with Crippen LogP contribution >= 0.6 is 11.6 Å². The molecular formula is C18H13Cl. The fourth-order valence-corrected chi connectivity index (χ4v) is 3.20. The van der Waals surface area contributed by atoms with E-state index in [1.807, 2.05) is 0 Å². The zero-order valence-corrected chi connectivity index (χ0v) is 11.2. The van der Waals surface area contributed by atoms with Gasteiger partial charge in [-0.05, 0) is 38.4 Å². The predicted molar refractivity (Wildman–Crippen MR) is 83.9 cm³/mol. The molecule has 0 fully saturated rings. The van der Waals surface area contributed by atoms with Crippen LogP contribution in [0.5, 0.6) is 0 Å². The highest BCUT2D eigenvalue weighted by molar-refractivity contribution is 6.24. The summed E-state index contributed by atoms with van der Waals surface area (Å²) in [5.74, 6) is 0. The van der Waals surface area contributed by atoms with E-state index in [1.54, 1.807) is 0 Å². The minimum Gasteiger partial charge on any atom is -0.118 e. The Labute approximate surface area is 116 Å². The Morgan fingerprint density at radius 3 is 2.63 bits per heavy atom. The Bertz CT molecular complexity index is 906. The van der Waals surface area contributed by atoms with Crippen molar-refractivity contribution < 1.29 is 0 Å². The SMILES string of the molecule is ClC1C=c2c(ccc3c2ccc2ccccc23)=CC1. The van der Waals surface area contributed by atoms with Crippen LogP contribution in [0.3, 0.4) is 0 Å². The van der Waals surface area contributed by atoms with Crippen molar-refractivity contribution in [2.24, 2.45) is 0 Å². The van der Waals surface area contributed by atoms with Gasteiger partial charge in [-0.15, -0.1) is 11.6 Å². The van der Waals surface area contributed by atoms with Crippen molar-refractivity contribution in [2.75, 3.05) is 0 Å². The van der Waals surface area contributed by atoms with Crippen LogP contribution in [0.1, 0.15) is 6.42 Å². The van der Waals surface area contributed by atoms with E-state index in [0.29, 0.717) is 0 Å². The van der Waals surface area contributed by atoms with Crippen molar-refractivity contribution in [1.82, 2.24) is 0 Å². The average Bonchev–Trinajstić information content (AvgIpc) is 2.46. The molecule has 0 nitrogen and oxygen atoms in total. The molecule has 0 spiro atoms. The lowest BCUT2D eigenvalue weighted by atomic mass is 9.97. The van der Waals surface area contributed by atoms with E-state index in [4.69, 9.17) is 11.6 Å². The van der Waals surface area contributed by atoms with E-state index in [2.05, 4.69) is 60.7 Å². The molecule has 0 saturated carbocycles. The van der Waals surface area contributed by atoms with Gasteiger partial charge in [0.05, 0.1) is 5.38 Å². The maximum Gasteiger partial charge on any atom is 0.0559 e. The van der Waals surface area contributed by atoms with Crippen molar-refractivity contribution >= 4 is 45.3 Å². The summed E-state index contributed by atoms with van der Waals surface area (Å²) in [6.45, 7) is 0. The summed E-state index contributed by atoms with van der Waals surface area (Å²) in [7, 11) is 0. The highest BCUT2D eigenvalue weighted by atomic mass is 35.5. The van der Waals surface area contributed by atoms with E-state index >= 15 is 0 Å². The van der Waals surface area contributed by atoms with Crippen LogP contribution in [-0.2, 0) is 0 Å². The zero-order valence-electron chi connectivity index (χ0n) is 10.4. The van der Waals surface area contributed by atoms with Gasteiger partial charge < -0.3 is 0 Å². The third-order valence-electron chi connectivity index (χ3n) is 3.91. The first-order valence-electron chi connectivity index (χ1n) is 6.59. The third kappa shape index (κ3) is 1.67. The van der Waals surface area contributed by atoms with Crippen LogP contribution in [0.4, 0.5) is 0 Å². The molecule has 0 heterocycles. The first-order valence-corrected chi connectivity index (χ1v) is 7.03.